The van der Waals surface area contributed by atoms with Crippen molar-refractivity contribution in [3.05, 3.63) is 45.8 Å². The fraction of sp³-hybridized carbons (Fsp3) is 0.391. The first-order chi connectivity index (χ1) is 15.4. The largest absolute Gasteiger partial charge is 0.459 e. The Hall–Kier alpha value is -2.65. The van der Waals surface area contributed by atoms with E-state index in [0.717, 1.165) is 59.0 Å². The highest BCUT2D eigenvalue weighted by molar-refractivity contribution is 7.99. The lowest BCUT2D eigenvalue weighted by atomic mass is 9.95. The maximum atomic E-state index is 12.7. The van der Waals surface area contributed by atoms with Crippen LogP contribution in [0.5, 0.6) is 0 Å². The second-order valence-electron chi connectivity index (χ2n) is 7.95. The number of aryl methyl sites for hydroxylation is 2. The zero-order valence-electron chi connectivity index (χ0n) is 18.3. The monoisotopic (exact) mass is 471 g/mol. The molecule has 1 aliphatic rings. The van der Waals surface area contributed by atoms with Gasteiger partial charge < -0.3 is 14.5 Å². The van der Waals surface area contributed by atoms with Crippen LogP contribution >= 0.6 is 23.1 Å². The highest BCUT2D eigenvalue weighted by atomic mass is 32.2. The lowest BCUT2D eigenvalue weighted by molar-refractivity contribution is -0.113. The van der Waals surface area contributed by atoms with Crippen molar-refractivity contribution < 1.29 is 18.7 Å². The number of thioether (sulfide) groups is 1. The van der Waals surface area contributed by atoms with Crippen LogP contribution in [0.3, 0.4) is 0 Å². The third kappa shape index (κ3) is 5.21. The number of rotatable bonds is 7. The van der Waals surface area contributed by atoms with Crippen molar-refractivity contribution >= 4 is 40.0 Å². The molecule has 9 heteroatoms. The number of carbonyl (C=O) groups excluding carboxylic acids is 2. The van der Waals surface area contributed by atoms with Crippen LogP contribution in [-0.2, 0) is 22.4 Å². The van der Waals surface area contributed by atoms with Crippen LogP contribution in [-0.4, -0.2) is 33.9 Å². The number of amides is 1. The molecule has 0 unspecified atom stereocenters. The molecule has 2 aromatic heterocycles. The summed E-state index contributed by atoms with van der Waals surface area (Å²) in [5, 5.41) is 11.9. The molecule has 0 atom stereocenters. The van der Waals surface area contributed by atoms with E-state index < -0.39 is 0 Å². The molecule has 3 aromatic rings. The summed E-state index contributed by atoms with van der Waals surface area (Å²) in [6, 6.07) is 7.79. The van der Waals surface area contributed by atoms with Crippen molar-refractivity contribution in [1.29, 1.82) is 0 Å². The van der Waals surface area contributed by atoms with Crippen molar-refractivity contribution in [2.75, 3.05) is 11.1 Å². The maximum absolute atomic E-state index is 12.7. The molecule has 1 amide bonds. The summed E-state index contributed by atoms with van der Waals surface area (Å²) in [6.45, 7) is 5.63. The Bertz CT molecular complexity index is 1140. The molecular formula is C23H25N3O4S2. The van der Waals surface area contributed by atoms with Crippen molar-refractivity contribution in [2.45, 2.75) is 57.8 Å². The smallest absolute Gasteiger partial charge is 0.341 e. The van der Waals surface area contributed by atoms with Gasteiger partial charge in [0.15, 0.2) is 0 Å². The number of benzene rings is 1. The van der Waals surface area contributed by atoms with Crippen LogP contribution in [0.25, 0.3) is 11.5 Å². The Morgan fingerprint density at radius 2 is 2.06 bits per heavy atom. The molecule has 0 bridgehead atoms. The van der Waals surface area contributed by atoms with Crippen LogP contribution in [0.15, 0.2) is 33.9 Å². The number of carbonyl (C=O) groups is 2. The number of fused-ring (bicyclic) bond motifs is 1. The van der Waals surface area contributed by atoms with Gasteiger partial charge in [-0.25, -0.2) is 4.79 Å². The van der Waals surface area contributed by atoms with Gasteiger partial charge in [-0.1, -0.05) is 29.5 Å². The van der Waals surface area contributed by atoms with Crippen LogP contribution in [0, 0.1) is 6.92 Å². The topological polar surface area (TPSA) is 94.3 Å². The second-order valence-corrected chi connectivity index (χ2v) is 9.98. The molecule has 1 N–H and O–H groups in total. The lowest BCUT2D eigenvalue weighted by Gasteiger charge is -2.14. The summed E-state index contributed by atoms with van der Waals surface area (Å²) in [7, 11) is 0. The van der Waals surface area contributed by atoms with Gasteiger partial charge in [0.25, 0.3) is 5.22 Å². The minimum absolute atomic E-state index is 0.0939. The van der Waals surface area contributed by atoms with Crippen LogP contribution < -0.4 is 5.32 Å². The number of nitrogens with zero attached hydrogens (tertiary/aromatic N) is 2. The number of ether oxygens (including phenoxy) is 1. The molecule has 1 aromatic carbocycles. The minimum atomic E-state index is -0.373. The quantitative estimate of drug-likeness (QED) is 0.370. The molecular weight excluding hydrogens is 446 g/mol. The molecule has 0 fully saturated rings. The average molecular weight is 472 g/mol. The molecule has 0 saturated heterocycles. The predicted molar refractivity (Wildman–Crippen MR) is 125 cm³/mol. The van der Waals surface area contributed by atoms with Crippen molar-refractivity contribution in [3.63, 3.8) is 0 Å². The molecule has 0 aliphatic heterocycles. The van der Waals surface area contributed by atoms with Gasteiger partial charge in [0.2, 0.25) is 11.8 Å². The number of esters is 1. The average Bonchev–Trinajstić information content (AvgIpc) is 3.36. The van der Waals surface area contributed by atoms with E-state index in [1.807, 2.05) is 45.0 Å². The summed E-state index contributed by atoms with van der Waals surface area (Å²) in [5.41, 5.74) is 3.47. The molecule has 32 heavy (non-hydrogen) atoms. The Kier molecular flexibility index (Phi) is 6.95. The van der Waals surface area contributed by atoms with E-state index in [1.54, 1.807) is 0 Å². The first kappa shape index (κ1) is 22.5. The van der Waals surface area contributed by atoms with Crippen molar-refractivity contribution in [3.8, 4) is 11.5 Å². The third-order valence-corrected chi connectivity index (χ3v) is 7.00. The first-order valence-corrected chi connectivity index (χ1v) is 12.4. The van der Waals surface area contributed by atoms with Gasteiger partial charge in [-0.15, -0.1) is 21.5 Å². The molecule has 0 radical (unpaired) electrons. The SMILES string of the molecule is Cc1cccc(-c2nnc(SCC(=O)Nc3sc4c(c3C(=O)OC(C)C)CCCC4)o2)c1. The molecule has 1 aliphatic carbocycles. The standard InChI is InChI=1S/C23H25N3O4S2/c1-13(2)29-22(28)19-16-9-4-5-10-17(16)32-21(19)24-18(27)12-31-23-26-25-20(30-23)15-8-6-7-14(3)11-15/h6-8,11,13H,4-5,9-10,12H2,1-3H3,(H,24,27). The van der Waals surface area contributed by atoms with Gasteiger partial charge >= 0.3 is 5.97 Å². The van der Waals surface area contributed by atoms with Gasteiger partial charge in [-0.05, 0) is 64.2 Å². The minimum Gasteiger partial charge on any atom is -0.459 e. The summed E-state index contributed by atoms with van der Waals surface area (Å²) in [4.78, 5) is 26.5. The highest BCUT2D eigenvalue weighted by Gasteiger charge is 2.28. The van der Waals surface area contributed by atoms with Crippen molar-refractivity contribution in [1.82, 2.24) is 10.2 Å². The molecule has 7 nitrogen and oxygen atoms in total. The number of hydrogen-bond acceptors (Lipinski definition) is 8. The fourth-order valence-corrected chi connectivity index (χ4v) is 5.45. The molecule has 4 rings (SSSR count). The van der Waals surface area contributed by atoms with E-state index in [-0.39, 0.29) is 23.7 Å². The third-order valence-electron chi connectivity index (χ3n) is 4.97. The van der Waals surface area contributed by atoms with E-state index in [1.165, 1.54) is 11.3 Å². The summed E-state index contributed by atoms with van der Waals surface area (Å²) < 4.78 is 11.1. The van der Waals surface area contributed by atoms with E-state index in [0.29, 0.717) is 21.7 Å². The van der Waals surface area contributed by atoms with Crippen molar-refractivity contribution in [2.24, 2.45) is 0 Å². The molecule has 2 heterocycles. The number of aromatic nitrogens is 2. The number of nitrogens with one attached hydrogen (secondary N) is 1. The molecule has 0 saturated carbocycles. The maximum Gasteiger partial charge on any atom is 0.341 e. The summed E-state index contributed by atoms with van der Waals surface area (Å²) in [5.74, 6) is -0.0951. The first-order valence-electron chi connectivity index (χ1n) is 10.6. The lowest BCUT2D eigenvalue weighted by Crippen LogP contribution is -2.18. The Balaban J connectivity index is 1.43. The van der Waals surface area contributed by atoms with E-state index in [4.69, 9.17) is 9.15 Å². The Morgan fingerprint density at radius 3 is 2.84 bits per heavy atom. The number of hydrogen-bond donors (Lipinski definition) is 1. The fourth-order valence-electron chi connectivity index (χ4n) is 3.60. The highest BCUT2D eigenvalue weighted by Crippen LogP contribution is 2.39. The van der Waals surface area contributed by atoms with E-state index in [2.05, 4.69) is 15.5 Å². The number of thiophene rings is 1. The molecule has 0 spiro atoms. The normalized spacial score (nSPS) is 13.1. The predicted octanol–water partition coefficient (Wildman–Crippen LogP) is 5.28. The zero-order valence-corrected chi connectivity index (χ0v) is 19.9. The zero-order chi connectivity index (χ0) is 22.7. The second kappa shape index (κ2) is 9.87. The van der Waals surface area contributed by atoms with Gasteiger partial charge in [-0.2, -0.15) is 0 Å². The van der Waals surface area contributed by atoms with E-state index >= 15 is 0 Å². The van der Waals surface area contributed by atoms with Gasteiger partial charge in [0, 0.05) is 10.4 Å². The molecule has 168 valence electrons. The summed E-state index contributed by atoms with van der Waals surface area (Å²) >= 11 is 2.64. The van der Waals surface area contributed by atoms with Crippen LogP contribution in [0.2, 0.25) is 0 Å². The summed E-state index contributed by atoms with van der Waals surface area (Å²) in [6.07, 6.45) is 3.67. The Labute approximate surface area is 195 Å². The van der Waals surface area contributed by atoms with Gasteiger partial charge in [0.1, 0.15) is 5.00 Å². The van der Waals surface area contributed by atoms with Crippen LogP contribution in [0.4, 0.5) is 5.00 Å². The van der Waals surface area contributed by atoms with Crippen LogP contribution in [0.1, 0.15) is 53.1 Å². The van der Waals surface area contributed by atoms with E-state index in [9.17, 15) is 9.59 Å². The number of anilines is 1. The Morgan fingerprint density at radius 1 is 1.25 bits per heavy atom. The van der Waals surface area contributed by atoms with Gasteiger partial charge in [0.05, 0.1) is 17.4 Å². The van der Waals surface area contributed by atoms with Gasteiger partial charge in [-0.3, -0.25) is 4.79 Å².